The SMILES string of the molecule is COC(=O)c1ccc(NC(=O)CCN)cc1C#CCN. The molecule has 0 saturated heterocycles. The summed E-state index contributed by atoms with van der Waals surface area (Å²) in [5, 5.41) is 2.67. The van der Waals surface area contributed by atoms with Gasteiger partial charge in [0.25, 0.3) is 0 Å². The van der Waals surface area contributed by atoms with Gasteiger partial charge in [-0.25, -0.2) is 4.79 Å². The number of esters is 1. The van der Waals surface area contributed by atoms with Crippen molar-refractivity contribution in [3.8, 4) is 11.8 Å². The third-order valence-corrected chi connectivity index (χ3v) is 2.41. The smallest absolute Gasteiger partial charge is 0.339 e. The monoisotopic (exact) mass is 275 g/mol. The van der Waals surface area contributed by atoms with Crippen LogP contribution in [-0.2, 0) is 9.53 Å². The highest BCUT2D eigenvalue weighted by Gasteiger charge is 2.12. The summed E-state index contributed by atoms with van der Waals surface area (Å²) in [6.07, 6.45) is 0.225. The number of nitrogens with one attached hydrogen (secondary N) is 1. The van der Waals surface area contributed by atoms with Crippen molar-refractivity contribution in [2.75, 3.05) is 25.5 Å². The first-order chi connectivity index (χ1) is 9.62. The summed E-state index contributed by atoms with van der Waals surface area (Å²) in [6.45, 7) is 0.441. The summed E-state index contributed by atoms with van der Waals surface area (Å²) in [5.74, 6) is 4.76. The van der Waals surface area contributed by atoms with Gasteiger partial charge in [-0.1, -0.05) is 11.8 Å². The van der Waals surface area contributed by atoms with E-state index in [2.05, 4.69) is 21.9 Å². The Hall–Kier alpha value is -2.36. The minimum Gasteiger partial charge on any atom is -0.465 e. The molecule has 0 unspecified atom stereocenters. The second-order valence-electron chi connectivity index (χ2n) is 3.84. The van der Waals surface area contributed by atoms with Gasteiger partial charge in [0.1, 0.15) is 0 Å². The standard InChI is InChI=1S/C14H17N3O3/c1-20-14(19)12-5-4-11(17-13(18)6-8-16)9-10(12)3-2-7-15/h4-5,9H,6-8,15-16H2,1H3,(H,17,18). The van der Waals surface area contributed by atoms with Crippen LogP contribution >= 0.6 is 0 Å². The highest BCUT2D eigenvalue weighted by molar-refractivity contribution is 5.95. The lowest BCUT2D eigenvalue weighted by atomic mass is 10.1. The fourth-order valence-electron chi connectivity index (χ4n) is 1.51. The van der Waals surface area contributed by atoms with Crippen molar-refractivity contribution >= 4 is 17.6 Å². The summed E-state index contributed by atoms with van der Waals surface area (Å²) in [4.78, 5) is 23.1. The Bertz CT molecular complexity index is 559. The lowest BCUT2D eigenvalue weighted by molar-refractivity contribution is -0.116. The van der Waals surface area contributed by atoms with Crippen LogP contribution in [-0.4, -0.2) is 32.1 Å². The average molecular weight is 275 g/mol. The normalized spacial score (nSPS) is 9.35. The van der Waals surface area contributed by atoms with Crippen molar-refractivity contribution in [2.45, 2.75) is 6.42 Å². The van der Waals surface area contributed by atoms with Gasteiger partial charge in [0.05, 0.1) is 19.2 Å². The molecular weight excluding hydrogens is 258 g/mol. The van der Waals surface area contributed by atoms with Crippen molar-refractivity contribution < 1.29 is 14.3 Å². The second kappa shape index (κ2) is 7.94. The topological polar surface area (TPSA) is 107 Å². The van der Waals surface area contributed by atoms with Crippen LogP contribution in [0.15, 0.2) is 18.2 Å². The first-order valence-corrected chi connectivity index (χ1v) is 6.03. The Labute approximate surface area is 117 Å². The van der Waals surface area contributed by atoms with Crippen LogP contribution < -0.4 is 16.8 Å². The van der Waals surface area contributed by atoms with Crippen molar-refractivity contribution in [3.63, 3.8) is 0 Å². The van der Waals surface area contributed by atoms with Gasteiger partial charge >= 0.3 is 5.97 Å². The molecule has 0 atom stereocenters. The average Bonchev–Trinajstić information content (AvgIpc) is 2.44. The van der Waals surface area contributed by atoms with Gasteiger partial charge in [0, 0.05) is 24.2 Å². The highest BCUT2D eigenvalue weighted by Crippen LogP contribution is 2.16. The van der Waals surface area contributed by atoms with E-state index < -0.39 is 5.97 Å². The number of ether oxygens (including phenoxy) is 1. The summed E-state index contributed by atoms with van der Waals surface area (Å²) in [6, 6.07) is 4.75. The molecule has 6 nitrogen and oxygen atoms in total. The molecule has 5 N–H and O–H groups in total. The molecule has 1 amide bonds. The Morgan fingerprint density at radius 1 is 1.35 bits per heavy atom. The molecule has 0 spiro atoms. The molecule has 0 radical (unpaired) electrons. The zero-order valence-electron chi connectivity index (χ0n) is 11.2. The molecule has 6 heteroatoms. The van der Waals surface area contributed by atoms with Gasteiger partial charge in [0.2, 0.25) is 5.91 Å². The molecule has 0 aliphatic rings. The zero-order valence-corrected chi connectivity index (χ0v) is 11.2. The van der Waals surface area contributed by atoms with E-state index in [1.807, 2.05) is 0 Å². The third kappa shape index (κ3) is 4.39. The summed E-state index contributed by atoms with van der Waals surface area (Å²) >= 11 is 0. The Morgan fingerprint density at radius 3 is 2.70 bits per heavy atom. The number of nitrogens with two attached hydrogens (primary N) is 2. The van der Waals surface area contributed by atoms with Crippen molar-refractivity contribution in [1.82, 2.24) is 0 Å². The number of rotatable bonds is 4. The molecule has 20 heavy (non-hydrogen) atoms. The number of carbonyl (C=O) groups is 2. The van der Waals surface area contributed by atoms with Crippen LogP contribution in [0.3, 0.4) is 0 Å². The van der Waals surface area contributed by atoms with E-state index in [0.29, 0.717) is 16.8 Å². The maximum atomic E-state index is 11.6. The van der Waals surface area contributed by atoms with E-state index in [1.165, 1.54) is 7.11 Å². The van der Waals surface area contributed by atoms with Gasteiger partial charge in [-0.3, -0.25) is 4.79 Å². The van der Waals surface area contributed by atoms with Gasteiger partial charge in [0.15, 0.2) is 0 Å². The van der Waals surface area contributed by atoms with E-state index in [9.17, 15) is 9.59 Å². The van der Waals surface area contributed by atoms with E-state index >= 15 is 0 Å². The molecule has 0 bridgehead atoms. The molecule has 0 aliphatic heterocycles. The van der Waals surface area contributed by atoms with E-state index in [-0.39, 0.29) is 25.4 Å². The molecule has 106 valence electrons. The number of anilines is 1. The minimum absolute atomic E-state index is 0.171. The number of carbonyl (C=O) groups excluding carboxylic acids is 2. The number of hydrogen-bond donors (Lipinski definition) is 3. The summed E-state index contributed by atoms with van der Waals surface area (Å²) in [5.41, 5.74) is 11.9. The largest absolute Gasteiger partial charge is 0.465 e. The maximum Gasteiger partial charge on any atom is 0.339 e. The third-order valence-electron chi connectivity index (χ3n) is 2.41. The number of methoxy groups -OCH3 is 1. The second-order valence-corrected chi connectivity index (χ2v) is 3.84. The van der Waals surface area contributed by atoms with Crippen molar-refractivity contribution in [3.05, 3.63) is 29.3 Å². The molecule has 1 aromatic rings. The van der Waals surface area contributed by atoms with Gasteiger partial charge in [-0.15, -0.1) is 0 Å². The number of hydrogen-bond acceptors (Lipinski definition) is 5. The molecule has 1 rings (SSSR count). The summed E-state index contributed by atoms with van der Waals surface area (Å²) < 4.78 is 4.67. The van der Waals surface area contributed by atoms with Crippen molar-refractivity contribution in [1.29, 1.82) is 0 Å². The van der Waals surface area contributed by atoms with Crippen LogP contribution in [0.25, 0.3) is 0 Å². The van der Waals surface area contributed by atoms with Gasteiger partial charge < -0.3 is 21.5 Å². The number of amides is 1. The molecule has 0 fully saturated rings. The zero-order chi connectivity index (χ0) is 15.0. The quantitative estimate of drug-likeness (QED) is 0.532. The van der Waals surface area contributed by atoms with Crippen LogP contribution in [0.2, 0.25) is 0 Å². The lowest BCUT2D eigenvalue weighted by Crippen LogP contribution is -2.16. The highest BCUT2D eigenvalue weighted by atomic mass is 16.5. The number of benzene rings is 1. The van der Waals surface area contributed by atoms with Crippen molar-refractivity contribution in [2.24, 2.45) is 11.5 Å². The first kappa shape index (κ1) is 15.7. The lowest BCUT2D eigenvalue weighted by Gasteiger charge is -2.08. The summed E-state index contributed by atoms with van der Waals surface area (Å²) in [7, 11) is 1.29. The molecule has 0 aliphatic carbocycles. The van der Waals surface area contributed by atoms with Gasteiger partial charge in [-0.2, -0.15) is 0 Å². The molecular formula is C14H17N3O3. The Balaban J connectivity index is 3.07. The first-order valence-electron chi connectivity index (χ1n) is 6.03. The Morgan fingerprint density at radius 2 is 2.10 bits per heavy atom. The predicted molar refractivity (Wildman–Crippen MR) is 76.0 cm³/mol. The molecule has 0 saturated carbocycles. The minimum atomic E-state index is -0.494. The Kier molecular flexibility index (Phi) is 6.23. The van der Waals surface area contributed by atoms with Crippen LogP contribution in [0.4, 0.5) is 5.69 Å². The predicted octanol–water partition coefficient (Wildman–Crippen LogP) is 0.0707. The van der Waals surface area contributed by atoms with E-state index in [0.717, 1.165) is 0 Å². The maximum absolute atomic E-state index is 11.6. The van der Waals surface area contributed by atoms with E-state index in [1.54, 1.807) is 18.2 Å². The van der Waals surface area contributed by atoms with Crippen LogP contribution in [0.5, 0.6) is 0 Å². The molecule has 0 heterocycles. The van der Waals surface area contributed by atoms with Gasteiger partial charge in [-0.05, 0) is 18.2 Å². The molecule has 1 aromatic carbocycles. The van der Waals surface area contributed by atoms with E-state index in [4.69, 9.17) is 11.5 Å². The van der Waals surface area contributed by atoms with Crippen LogP contribution in [0.1, 0.15) is 22.3 Å². The molecule has 0 aromatic heterocycles. The fraction of sp³-hybridized carbons (Fsp3) is 0.286. The van der Waals surface area contributed by atoms with Crippen LogP contribution in [0, 0.1) is 11.8 Å². The fourth-order valence-corrected chi connectivity index (χ4v) is 1.51.